The molecule has 0 spiro atoms. The number of benzene rings is 2. The minimum atomic E-state index is 0.491. The molecule has 0 radical (unpaired) electrons. The van der Waals surface area contributed by atoms with Gasteiger partial charge in [-0.3, -0.25) is 0 Å². The molecule has 2 rings (SSSR count). The molecule has 0 fully saturated rings. The number of rotatable bonds is 3. The number of hydrogen-bond acceptors (Lipinski definition) is 1. The average Bonchev–Trinajstić information content (AvgIpc) is 2.41. The van der Waals surface area contributed by atoms with Crippen LogP contribution < -0.4 is 4.74 Å². The van der Waals surface area contributed by atoms with Gasteiger partial charge in [0.25, 0.3) is 0 Å². The average molecular weight is 363 g/mol. The molecule has 0 atom stereocenters. The predicted molar refractivity (Wildman–Crippen MR) is 70.0 cm³/mol. The zero-order chi connectivity index (χ0) is 12.5. The van der Waals surface area contributed by atoms with Gasteiger partial charge in [-0.15, -0.1) is 5.56 Å². The third-order valence-electron chi connectivity index (χ3n) is 1.99. The quantitative estimate of drug-likeness (QED) is 0.574. The molecule has 0 amide bonds. The minimum absolute atomic E-state index is 0.491. The topological polar surface area (TPSA) is 9.23 Å². The monoisotopic (exact) mass is 360 g/mol. The van der Waals surface area contributed by atoms with Gasteiger partial charge < -0.3 is 4.74 Å². The molecule has 0 aromatic heterocycles. The molecule has 84 valence electrons. The summed E-state index contributed by atoms with van der Waals surface area (Å²) in [5, 5.41) is 0.633. The third-order valence-corrected chi connectivity index (χ3v) is 2.31. The molecule has 0 bridgehead atoms. The normalized spacial score (nSPS) is 9.18. The summed E-state index contributed by atoms with van der Waals surface area (Å²) in [7, 11) is 0. The summed E-state index contributed by atoms with van der Waals surface area (Å²) in [5.74, 6) is 0.705. The SMILES string of the molecule is Clc1ccccc1OCc1[c-]cccc1.[Zn+][Br]. The van der Waals surface area contributed by atoms with Crippen molar-refractivity contribution in [3.63, 3.8) is 0 Å². The van der Waals surface area contributed by atoms with E-state index in [4.69, 9.17) is 16.3 Å². The van der Waals surface area contributed by atoms with E-state index in [1.54, 1.807) is 0 Å². The standard InChI is InChI=1S/C13H10ClO.BrH.Zn/c14-12-8-4-5-9-13(12)15-10-11-6-2-1-3-7-11;;/h1-6,8-9H,10H2;1H;/q-1;;+2/p-1. The van der Waals surface area contributed by atoms with E-state index in [1.807, 2.05) is 48.5 Å². The van der Waals surface area contributed by atoms with E-state index in [0.29, 0.717) is 17.4 Å². The van der Waals surface area contributed by atoms with Crippen molar-refractivity contribution in [2.45, 2.75) is 6.61 Å². The molecule has 0 unspecified atom stereocenters. The van der Waals surface area contributed by atoms with Gasteiger partial charge in [0.05, 0.1) is 11.6 Å². The molecule has 0 aliphatic heterocycles. The van der Waals surface area contributed by atoms with Crippen LogP contribution in [0.15, 0.2) is 48.5 Å². The summed E-state index contributed by atoms with van der Waals surface area (Å²) in [6.07, 6.45) is 0. The fraction of sp³-hybridized carbons (Fsp3) is 0.0769. The van der Waals surface area contributed by atoms with Gasteiger partial charge in [0.2, 0.25) is 0 Å². The van der Waals surface area contributed by atoms with E-state index in [1.165, 1.54) is 16.3 Å². The first kappa shape index (κ1) is 14.7. The Kier molecular flexibility index (Phi) is 7.51. The van der Waals surface area contributed by atoms with Crippen LogP contribution in [0.3, 0.4) is 0 Å². The molecule has 1 nitrogen and oxygen atoms in total. The Morgan fingerprint density at radius 3 is 2.47 bits per heavy atom. The Morgan fingerprint density at radius 2 is 1.82 bits per heavy atom. The van der Waals surface area contributed by atoms with Crippen molar-refractivity contribution in [3.05, 3.63) is 65.2 Å². The first-order chi connectivity index (χ1) is 8.36. The molecule has 0 saturated heterocycles. The van der Waals surface area contributed by atoms with E-state index in [-0.39, 0.29) is 0 Å². The summed E-state index contributed by atoms with van der Waals surface area (Å²) in [6.45, 7) is 0.491. The number of halogens is 2. The van der Waals surface area contributed by atoms with Gasteiger partial charge in [-0.2, -0.15) is 30.3 Å². The van der Waals surface area contributed by atoms with Crippen LogP contribution in [-0.2, 0) is 22.9 Å². The van der Waals surface area contributed by atoms with Gasteiger partial charge in [-0.05, 0) is 12.1 Å². The second kappa shape index (κ2) is 8.68. The Balaban J connectivity index is 0.000000686. The maximum absolute atomic E-state index is 5.96. The van der Waals surface area contributed by atoms with E-state index in [2.05, 4.69) is 19.7 Å². The van der Waals surface area contributed by atoms with E-state index in [0.717, 1.165) is 5.56 Å². The first-order valence-electron chi connectivity index (χ1n) is 4.96. The second-order valence-electron chi connectivity index (χ2n) is 3.11. The van der Waals surface area contributed by atoms with E-state index < -0.39 is 0 Å². The van der Waals surface area contributed by atoms with E-state index in [9.17, 15) is 0 Å². The van der Waals surface area contributed by atoms with Crippen LogP contribution in [0.5, 0.6) is 5.75 Å². The van der Waals surface area contributed by atoms with E-state index >= 15 is 0 Å². The Bertz CT molecular complexity index is 436. The molecular weight excluding hydrogens is 353 g/mol. The molecule has 4 heteroatoms. The predicted octanol–water partition coefficient (Wildman–Crippen LogP) is 4.56. The summed E-state index contributed by atoms with van der Waals surface area (Å²) in [5.41, 5.74) is 1.01. The number of ether oxygens (including phenoxy) is 1. The molecule has 0 heterocycles. The van der Waals surface area contributed by atoms with Crippen molar-refractivity contribution in [1.29, 1.82) is 0 Å². The summed E-state index contributed by atoms with van der Waals surface area (Å²) in [6, 6.07) is 18.3. The Labute approximate surface area is 123 Å². The number of para-hydroxylation sites is 1. The second-order valence-corrected chi connectivity index (χ2v) is 3.51. The summed E-state index contributed by atoms with van der Waals surface area (Å²) >= 11 is 10.2. The van der Waals surface area contributed by atoms with Crippen LogP contribution in [0.2, 0.25) is 5.02 Å². The van der Waals surface area contributed by atoms with Crippen LogP contribution in [-0.4, -0.2) is 0 Å². The Morgan fingerprint density at radius 1 is 1.12 bits per heavy atom. The molecule has 0 aliphatic rings. The zero-order valence-electron chi connectivity index (χ0n) is 9.20. The Hall–Kier alpha value is -0.367. The van der Waals surface area contributed by atoms with Crippen LogP contribution >= 0.6 is 25.2 Å². The fourth-order valence-electron chi connectivity index (χ4n) is 1.24. The molecule has 2 aromatic carbocycles. The van der Waals surface area contributed by atoms with Crippen molar-refractivity contribution in [3.8, 4) is 5.75 Å². The van der Waals surface area contributed by atoms with Crippen molar-refractivity contribution in [2.24, 2.45) is 0 Å². The molecular formula is C13H10BrClOZn. The first-order valence-corrected chi connectivity index (χ1v) is 12.3. The molecule has 2 aromatic rings. The zero-order valence-corrected chi connectivity index (χ0v) is 14.5. The number of hydrogen-bond donors (Lipinski definition) is 0. The fourth-order valence-corrected chi connectivity index (χ4v) is 1.43. The van der Waals surface area contributed by atoms with Crippen LogP contribution in [0.4, 0.5) is 0 Å². The molecule has 0 aliphatic carbocycles. The molecule has 17 heavy (non-hydrogen) atoms. The maximum atomic E-state index is 5.96. The van der Waals surface area contributed by atoms with Crippen molar-refractivity contribution in [1.82, 2.24) is 0 Å². The summed E-state index contributed by atoms with van der Waals surface area (Å²) < 4.78 is 5.56. The molecule has 0 saturated carbocycles. The van der Waals surface area contributed by atoms with Crippen LogP contribution in [0.1, 0.15) is 5.56 Å². The van der Waals surface area contributed by atoms with Crippen LogP contribution in [0.25, 0.3) is 0 Å². The van der Waals surface area contributed by atoms with Gasteiger partial charge in [0.1, 0.15) is 5.75 Å². The van der Waals surface area contributed by atoms with Crippen molar-refractivity contribution < 1.29 is 21.1 Å². The van der Waals surface area contributed by atoms with Crippen molar-refractivity contribution in [2.75, 3.05) is 0 Å². The van der Waals surface area contributed by atoms with Crippen molar-refractivity contribution >= 4 is 25.2 Å². The summed E-state index contributed by atoms with van der Waals surface area (Å²) in [4.78, 5) is 0. The van der Waals surface area contributed by atoms with Gasteiger partial charge in [-0.1, -0.05) is 23.7 Å². The van der Waals surface area contributed by atoms with Gasteiger partial charge in [0, 0.05) is 0 Å². The van der Waals surface area contributed by atoms with Crippen LogP contribution in [0, 0.1) is 6.07 Å². The van der Waals surface area contributed by atoms with Gasteiger partial charge >= 0.3 is 30.0 Å². The van der Waals surface area contributed by atoms with Gasteiger partial charge in [-0.25, -0.2) is 0 Å². The van der Waals surface area contributed by atoms with Gasteiger partial charge in [0.15, 0.2) is 0 Å². The molecule has 0 N–H and O–H groups in total. The third kappa shape index (κ3) is 5.20.